The quantitative estimate of drug-likeness (QED) is 0.667. The van der Waals surface area contributed by atoms with Crippen molar-refractivity contribution in [1.82, 2.24) is 9.97 Å². The Balaban J connectivity index is 1.56. The minimum atomic E-state index is 0.446. The molecule has 2 aromatic heterocycles. The Morgan fingerprint density at radius 2 is 2.04 bits per heavy atom. The molecule has 136 valence electrons. The number of aldehydes is 1. The fraction of sp³-hybridized carbons (Fsp3) is 0.261. The number of rotatable bonds is 5. The Bertz CT molecular complexity index is 967. The van der Waals surface area contributed by atoms with Crippen LogP contribution < -0.4 is 5.32 Å². The summed E-state index contributed by atoms with van der Waals surface area (Å²) in [6.45, 7) is 2.84. The van der Waals surface area contributed by atoms with E-state index in [1.807, 2.05) is 13.1 Å². The third kappa shape index (κ3) is 3.75. The van der Waals surface area contributed by atoms with Crippen molar-refractivity contribution >= 4 is 12.0 Å². The number of pyridine rings is 2. The molecule has 3 aromatic rings. The SMILES string of the molecule is Cc1cc(-c2ccc3c(c2)CCCC3CNc2cnccc2C=O)ccn1. The van der Waals surface area contributed by atoms with Crippen molar-refractivity contribution in [3.8, 4) is 11.1 Å². The minimum Gasteiger partial charge on any atom is -0.383 e. The molecule has 0 saturated heterocycles. The highest BCUT2D eigenvalue weighted by Gasteiger charge is 2.21. The second-order valence-electron chi connectivity index (χ2n) is 7.15. The molecule has 4 rings (SSSR count). The molecule has 0 saturated carbocycles. The third-order valence-electron chi connectivity index (χ3n) is 5.33. The van der Waals surface area contributed by atoms with E-state index in [1.54, 1.807) is 18.5 Å². The molecule has 0 bridgehead atoms. The first-order valence-corrected chi connectivity index (χ1v) is 9.43. The molecule has 1 aliphatic rings. The van der Waals surface area contributed by atoms with Crippen molar-refractivity contribution < 1.29 is 4.79 Å². The smallest absolute Gasteiger partial charge is 0.152 e. The molecule has 1 aliphatic carbocycles. The highest BCUT2D eigenvalue weighted by molar-refractivity contribution is 5.83. The van der Waals surface area contributed by atoms with E-state index >= 15 is 0 Å². The summed E-state index contributed by atoms with van der Waals surface area (Å²) in [5.74, 6) is 0.446. The van der Waals surface area contributed by atoms with Crippen LogP contribution in [0.1, 0.15) is 45.9 Å². The number of carbonyl (C=O) groups is 1. The summed E-state index contributed by atoms with van der Waals surface area (Å²) >= 11 is 0. The third-order valence-corrected chi connectivity index (χ3v) is 5.33. The average molecular weight is 357 g/mol. The number of benzene rings is 1. The topological polar surface area (TPSA) is 54.9 Å². The maximum absolute atomic E-state index is 11.2. The van der Waals surface area contributed by atoms with E-state index in [0.29, 0.717) is 11.5 Å². The van der Waals surface area contributed by atoms with Crippen LogP contribution in [0.15, 0.2) is 55.0 Å². The van der Waals surface area contributed by atoms with Crippen LogP contribution in [0.2, 0.25) is 0 Å². The lowest BCUT2D eigenvalue weighted by atomic mass is 9.81. The van der Waals surface area contributed by atoms with E-state index in [-0.39, 0.29) is 0 Å². The van der Waals surface area contributed by atoms with Gasteiger partial charge in [-0.1, -0.05) is 18.2 Å². The lowest BCUT2D eigenvalue weighted by molar-refractivity contribution is 0.112. The van der Waals surface area contributed by atoms with E-state index in [4.69, 9.17) is 0 Å². The fourth-order valence-corrected chi connectivity index (χ4v) is 3.92. The van der Waals surface area contributed by atoms with Gasteiger partial charge in [0.1, 0.15) is 0 Å². The molecule has 4 nitrogen and oxygen atoms in total. The Hall–Kier alpha value is -3.01. The highest BCUT2D eigenvalue weighted by atomic mass is 16.1. The van der Waals surface area contributed by atoms with Gasteiger partial charge in [-0.15, -0.1) is 0 Å². The molecule has 1 aromatic carbocycles. The molecular formula is C23H23N3O. The van der Waals surface area contributed by atoms with Gasteiger partial charge in [0, 0.05) is 36.1 Å². The minimum absolute atomic E-state index is 0.446. The highest BCUT2D eigenvalue weighted by Crippen LogP contribution is 2.34. The first-order valence-electron chi connectivity index (χ1n) is 9.43. The van der Waals surface area contributed by atoms with E-state index in [1.165, 1.54) is 28.7 Å². The number of anilines is 1. The lowest BCUT2D eigenvalue weighted by Crippen LogP contribution is -2.18. The van der Waals surface area contributed by atoms with Gasteiger partial charge in [-0.05, 0) is 66.6 Å². The van der Waals surface area contributed by atoms with Crippen LogP contribution in [0.4, 0.5) is 5.69 Å². The van der Waals surface area contributed by atoms with Gasteiger partial charge in [0.05, 0.1) is 11.9 Å². The predicted octanol–water partition coefficient (Wildman–Crippen LogP) is 4.80. The van der Waals surface area contributed by atoms with Crippen molar-refractivity contribution in [3.05, 3.63) is 77.4 Å². The van der Waals surface area contributed by atoms with Crippen molar-refractivity contribution in [1.29, 1.82) is 0 Å². The van der Waals surface area contributed by atoms with Crippen molar-refractivity contribution in [2.45, 2.75) is 32.1 Å². The summed E-state index contributed by atoms with van der Waals surface area (Å²) in [6, 6.07) is 12.8. The molecule has 4 heteroatoms. The Labute approximate surface area is 159 Å². The summed E-state index contributed by atoms with van der Waals surface area (Å²) in [6.07, 6.45) is 9.58. The molecule has 1 atom stereocenters. The Kier molecular flexibility index (Phi) is 4.97. The molecule has 0 aliphatic heterocycles. The number of aromatic nitrogens is 2. The number of nitrogens with zero attached hydrogens (tertiary/aromatic N) is 2. The molecule has 2 heterocycles. The molecule has 1 N–H and O–H groups in total. The molecule has 1 unspecified atom stereocenters. The number of fused-ring (bicyclic) bond motifs is 1. The molecule has 0 fully saturated rings. The van der Waals surface area contributed by atoms with Gasteiger partial charge in [0.25, 0.3) is 0 Å². The number of aryl methyl sites for hydroxylation is 2. The predicted molar refractivity (Wildman–Crippen MR) is 108 cm³/mol. The zero-order valence-corrected chi connectivity index (χ0v) is 15.5. The maximum Gasteiger partial charge on any atom is 0.152 e. The summed E-state index contributed by atoms with van der Waals surface area (Å²) in [5.41, 5.74) is 7.82. The largest absolute Gasteiger partial charge is 0.383 e. The lowest BCUT2D eigenvalue weighted by Gasteiger charge is -2.27. The van der Waals surface area contributed by atoms with Gasteiger partial charge in [-0.25, -0.2) is 0 Å². The zero-order chi connectivity index (χ0) is 18.6. The van der Waals surface area contributed by atoms with Gasteiger partial charge in [0.2, 0.25) is 0 Å². The summed E-state index contributed by atoms with van der Waals surface area (Å²) in [4.78, 5) is 19.6. The summed E-state index contributed by atoms with van der Waals surface area (Å²) in [7, 11) is 0. The average Bonchev–Trinajstić information content (AvgIpc) is 2.72. The van der Waals surface area contributed by atoms with E-state index in [0.717, 1.165) is 37.1 Å². The number of hydrogen-bond acceptors (Lipinski definition) is 4. The van der Waals surface area contributed by atoms with Crippen LogP contribution in [0.25, 0.3) is 11.1 Å². The van der Waals surface area contributed by atoms with Crippen molar-refractivity contribution in [2.24, 2.45) is 0 Å². The van der Waals surface area contributed by atoms with Gasteiger partial charge in [0.15, 0.2) is 6.29 Å². The van der Waals surface area contributed by atoms with Crippen LogP contribution in [0, 0.1) is 6.92 Å². The zero-order valence-electron chi connectivity index (χ0n) is 15.5. The Morgan fingerprint density at radius 3 is 2.89 bits per heavy atom. The molecule has 0 amide bonds. The standard InChI is InChI=1S/C23H23N3O/c1-16-11-18(8-10-25-16)17-5-6-22-19(12-17)3-2-4-20(22)13-26-23-14-24-9-7-21(23)15-27/h5-12,14-15,20,26H,2-4,13H2,1H3. The van der Waals surface area contributed by atoms with Crippen LogP contribution in [-0.2, 0) is 6.42 Å². The van der Waals surface area contributed by atoms with Crippen LogP contribution in [0.3, 0.4) is 0 Å². The van der Waals surface area contributed by atoms with E-state index < -0.39 is 0 Å². The monoisotopic (exact) mass is 357 g/mol. The maximum atomic E-state index is 11.2. The van der Waals surface area contributed by atoms with E-state index in [2.05, 4.69) is 45.6 Å². The summed E-state index contributed by atoms with van der Waals surface area (Å²) in [5, 5.41) is 3.43. The first kappa shape index (κ1) is 17.4. The number of carbonyl (C=O) groups excluding carboxylic acids is 1. The molecule has 0 radical (unpaired) electrons. The molecular weight excluding hydrogens is 334 g/mol. The second kappa shape index (κ2) is 7.70. The molecule has 27 heavy (non-hydrogen) atoms. The van der Waals surface area contributed by atoms with Crippen LogP contribution in [-0.4, -0.2) is 22.8 Å². The number of nitrogens with one attached hydrogen (secondary N) is 1. The fourth-order valence-electron chi connectivity index (χ4n) is 3.92. The Morgan fingerprint density at radius 1 is 1.15 bits per heavy atom. The summed E-state index contributed by atoms with van der Waals surface area (Å²) < 4.78 is 0. The van der Waals surface area contributed by atoms with E-state index in [9.17, 15) is 4.79 Å². The second-order valence-corrected chi connectivity index (χ2v) is 7.15. The van der Waals surface area contributed by atoms with Crippen LogP contribution >= 0.6 is 0 Å². The van der Waals surface area contributed by atoms with Gasteiger partial charge >= 0.3 is 0 Å². The van der Waals surface area contributed by atoms with Crippen molar-refractivity contribution in [3.63, 3.8) is 0 Å². The normalized spacial score (nSPS) is 15.8. The van der Waals surface area contributed by atoms with Crippen molar-refractivity contribution in [2.75, 3.05) is 11.9 Å². The van der Waals surface area contributed by atoms with Gasteiger partial charge in [-0.2, -0.15) is 0 Å². The van der Waals surface area contributed by atoms with Gasteiger partial charge in [-0.3, -0.25) is 14.8 Å². The van der Waals surface area contributed by atoms with Gasteiger partial charge < -0.3 is 5.32 Å². The molecule has 0 spiro atoms. The van der Waals surface area contributed by atoms with Crippen LogP contribution in [0.5, 0.6) is 0 Å². The number of hydrogen-bond donors (Lipinski definition) is 1. The first-order chi connectivity index (χ1) is 13.2.